The molecular formula is C15H21NO4S. The number of nitrogens with zero attached hydrogens (tertiary/aromatic N) is 1. The predicted octanol–water partition coefficient (Wildman–Crippen LogP) is 2.34. The Hall–Kier alpha value is -1.40. The highest BCUT2D eigenvalue weighted by Crippen LogP contribution is 2.30. The number of piperidine rings is 1. The number of hydrogen-bond acceptors (Lipinski definition) is 3. The maximum Gasteiger partial charge on any atom is 0.335 e. The second-order valence-corrected chi connectivity index (χ2v) is 8.33. The molecule has 1 aliphatic rings. The predicted molar refractivity (Wildman–Crippen MR) is 80.6 cm³/mol. The summed E-state index contributed by atoms with van der Waals surface area (Å²) in [5, 5.41) is 8.84. The van der Waals surface area contributed by atoms with Gasteiger partial charge in [-0.05, 0) is 36.0 Å². The molecule has 0 spiro atoms. The highest BCUT2D eigenvalue weighted by molar-refractivity contribution is 7.88. The number of carboxylic acid groups (broad SMARTS) is 1. The fourth-order valence-electron chi connectivity index (χ4n) is 2.65. The zero-order chi connectivity index (χ0) is 15.7. The van der Waals surface area contributed by atoms with Crippen LogP contribution >= 0.6 is 0 Å². The summed E-state index contributed by atoms with van der Waals surface area (Å²) in [7, 11) is -3.35. The van der Waals surface area contributed by atoms with Crippen molar-refractivity contribution in [2.24, 2.45) is 5.41 Å². The van der Waals surface area contributed by atoms with E-state index in [1.165, 1.54) is 12.1 Å². The SMILES string of the molecule is CC1(C)CCCN(S(=O)(=O)Cc2ccc(C(=O)O)cc2)C1. The maximum absolute atomic E-state index is 12.5. The summed E-state index contributed by atoms with van der Waals surface area (Å²) in [4.78, 5) is 10.8. The van der Waals surface area contributed by atoms with Crippen LogP contribution in [0.2, 0.25) is 0 Å². The summed E-state index contributed by atoms with van der Waals surface area (Å²) in [6, 6.07) is 6.01. The lowest BCUT2D eigenvalue weighted by Gasteiger charge is -2.37. The third kappa shape index (κ3) is 4.04. The summed E-state index contributed by atoms with van der Waals surface area (Å²) in [5.74, 6) is -1.09. The molecule has 5 nitrogen and oxygen atoms in total. The van der Waals surface area contributed by atoms with E-state index >= 15 is 0 Å². The molecular weight excluding hydrogens is 290 g/mol. The van der Waals surface area contributed by atoms with Crippen LogP contribution in [0, 0.1) is 5.41 Å². The average Bonchev–Trinajstić information content (AvgIpc) is 2.37. The average molecular weight is 311 g/mol. The van der Waals surface area contributed by atoms with Crippen molar-refractivity contribution >= 4 is 16.0 Å². The number of hydrogen-bond donors (Lipinski definition) is 1. The number of carbonyl (C=O) groups is 1. The quantitative estimate of drug-likeness (QED) is 0.926. The Bertz CT molecular complexity index is 620. The Morgan fingerprint density at radius 2 is 1.90 bits per heavy atom. The molecule has 1 fully saturated rings. The molecule has 0 radical (unpaired) electrons. The summed E-state index contributed by atoms with van der Waals surface area (Å²) < 4.78 is 26.5. The van der Waals surface area contributed by atoms with Gasteiger partial charge in [-0.15, -0.1) is 0 Å². The van der Waals surface area contributed by atoms with Crippen LogP contribution in [0.5, 0.6) is 0 Å². The maximum atomic E-state index is 12.5. The van der Waals surface area contributed by atoms with E-state index in [9.17, 15) is 13.2 Å². The second kappa shape index (κ2) is 5.77. The first-order chi connectivity index (χ1) is 9.70. The van der Waals surface area contributed by atoms with Gasteiger partial charge in [0, 0.05) is 13.1 Å². The monoisotopic (exact) mass is 311 g/mol. The van der Waals surface area contributed by atoms with Crippen LogP contribution in [-0.2, 0) is 15.8 Å². The minimum atomic E-state index is -3.35. The molecule has 1 aliphatic heterocycles. The Balaban J connectivity index is 2.12. The van der Waals surface area contributed by atoms with Crippen LogP contribution in [0.15, 0.2) is 24.3 Å². The smallest absolute Gasteiger partial charge is 0.335 e. The zero-order valence-corrected chi connectivity index (χ0v) is 13.2. The third-order valence-corrected chi connectivity index (χ3v) is 5.61. The molecule has 2 rings (SSSR count). The van der Waals surface area contributed by atoms with E-state index in [0.29, 0.717) is 18.7 Å². The molecule has 0 saturated carbocycles. The highest BCUT2D eigenvalue weighted by Gasteiger charge is 2.33. The summed E-state index contributed by atoms with van der Waals surface area (Å²) in [6.45, 7) is 5.27. The van der Waals surface area contributed by atoms with E-state index in [2.05, 4.69) is 13.8 Å². The first-order valence-electron chi connectivity index (χ1n) is 7.00. The van der Waals surface area contributed by atoms with Gasteiger partial charge in [0.05, 0.1) is 11.3 Å². The number of aromatic carboxylic acids is 1. The lowest BCUT2D eigenvalue weighted by Crippen LogP contribution is -2.43. The van der Waals surface area contributed by atoms with Crippen molar-refractivity contribution < 1.29 is 18.3 Å². The Labute approximate surface area is 125 Å². The number of rotatable bonds is 4. The molecule has 1 aromatic carbocycles. The fourth-order valence-corrected chi connectivity index (χ4v) is 4.40. The molecule has 0 atom stereocenters. The normalized spacial score (nSPS) is 19.3. The van der Waals surface area contributed by atoms with Gasteiger partial charge < -0.3 is 5.11 Å². The van der Waals surface area contributed by atoms with Crippen molar-refractivity contribution in [2.45, 2.75) is 32.4 Å². The van der Waals surface area contributed by atoms with E-state index < -0.39 is 16.0 Å². The van der Waals surface area contributed by atoms with E-state index in [4.69, 9.17) is 5.11 Å². The van der Waals surface area contributed by atoms with E-state index in [1.54, 1.807) is 16.4 Å². The molecule has 6 heteroatoms. The second-order valence-electron chi connectivity index (χ2n) is 6.36. The van der Waals surface area contributed by atoms with E-state index in [-0.39, 0.29) is 16.7 Å². The van der Waals surface area contributed by atoms with Gasteiger partial charge in [-0.25, -0.2) is 17.5 Å². The van der Waals surface area contributed by atoms with Crippen LogP contribution in [0.3, 0.4) is 0 Å². The van der Waals surface area contributed by atoms with Crippen molar-refractivity contribution in [3.63, 3.8) is 0 Å². The number of sulfonamides is 1. The summed E-state index contributed by atoms with van der Waals surface area (Å²) in [6.07, 6.45) is 1.91. The molecule has 116 valence electrons. The molecule has 0 aromatic heterocycles. The van der Waals surface area contributed by atoms with E-state index in [0.717, 1.165) is 12.8 Å². The molecule has 1 N–H and O–H groups in total. The van der Waals surface area contributed by atoms with Crippen molar-refractivity contribution in [1.29, 1.82) is 0 Å². The van der Waals surface area contributed by atoms with Gasteiger partial charge in [0.15, 0.2) is 0 Å². The summed E-state index contributed by atoms with van der Waals surface area (Å²) in [5.41, 5.74) is 0.789. The minimum absolute atomic E-state index is 0.0124. The standard InChI is InChI=1S/C15H21NO4S/c1-15(2)8-3-9-16(11-15)21(19,20)10-12-4-6-13(7-5-12)14(17)18/h4-7H,3,8-11H2,1-2H3,(H,17,18). The van der Waals surface area contributed by atoms with E-state index in [1.807, 2.05) is 0 Å². The van der Waals surface area contributed by atoms with Crippen LogP contribution in [0.4, 0.5) is 0 Å². The van der Waals surface area contributed by atoms with Gasteiger partial charge in [0.1, 0.15) is 0 Å². The number of carboxylic acids is 1. The Kier molecular flexibility index (Phi) is 4.39. The lowest BCUT2D eigenvalue weighted by atomic mass is 9.85. The zero-order valence-electron chi connectivity index (χ0n) is 12.4. The molecule has 21 heavy (non-hydrogen) atoms. The van der Waals surface area contributed by atoms with Crippen LogP contribution in [-0.4, -0.2) is 36.9 Å². The van der Waals surface area contributed by atoms with Crippen molar-refractivity contribution in [1.82, 2.24) is 4.31 Å². The minimum Gasteiger partial charge on any atom is -0.478 e. The molecule has 1 heterocycles. The highest BCUT2D eigenvalue weighted by atomic mass is 32.2. The third-order valence-electron chi connectivity index (χ3n) is 3.81. The van der Waals surface area contributed by atoms with Gasteiger partial charge in [-0.1, -0.05) is 26.0 Å². The van der Waals surface area contributed by atoms with Crippen molar-refractivity contribution in [2.75, 3.05) is 13.1 Å². The lowest BCUT2D eigenvalue weighted by molar-refractivity contribution is 0.0697. The van der Waals surface area contributed by atoms with Crippen LogP contribution < -0.4 is 0 Å². The Morgan fingerprint density at radius 3 is 2.43 bits per heavy atom. The van der Waals surface area contributed by atoms with Gasteiger partial charge in [-0.3, -0.25) is 0 Å². The Morgan fingerprint density at radius 1 is 1.29 bits per heavy atom. The van der Waals surface area contributed by atoms with Crippen LogP contribution in [0.1, 0.15) is 42.6 Å². The molecule has 0 aliphatic carbocycles. The fraction of sp³-hybridized carbons (Fsp3) is 0.533. The molecule has 0 amide bonds. The molecule has 0 unspecified atom stereocenters. The van der Waals surface area contributed by atoms with Crippen LogP contribution in [0.25, 0.3) is 0 Å². The van der Waals surface area contributed by atoms with Gasteiger partial charge in [0.2, 0.25) is 10.0 Å². The first kappa shape index (κ1) is 16.0. The van der Waals surface area contributed by atoms with Gasteiger partial charge >= 0.3 is 5.97 Å². The number of benzene rings is 1. The van der Waals surface area contributed by atoms with Crippen molar-refractivity contribution in [3.8, 4) is 0 Å². The van der Waals surface area contributed by atoms with Gasteiger partial charge in [-0.2, -0.15) is 0 Å². The molecule has 1 saturated heterocycles. The summed E-state index contributed by atoms with van der Waals surface area (Å²) >= 11 is 0. The van der Waals surface area contributed by atoms with Crippen molar-refractivity contribution in [3.05, 3.63) is 35.4 Å². The molecule has 0 bridgehead atoms. The largest absolute Gasteiger partial charge is 0.478 e. The topological polar surface area (TPSA) is 74.7 Å². The van der Waals surface area contributed by atoms with Gasteiger partial charge in [0.25, 0.3) is 0 Å². The molecule has 1 aromatic rings. The first-order valence-corrected chi connectivity index (χ1v) is 8.61.